The van der Waals surface area contributed by atoms with E-state index in [4.69, 9.17) is 0 Å². The third-order valence-electron chi connectivity index (χ3n) is 4.82. The zero-order chi connectivity index (χ0) is 22.6. The van der Waals surface area contributed by atoms with Gasteiger partial charge >= 0.3 is 0 Å². The van der Waals surface area contributed by atoms with Gasteiger partial charge in [-0.15, -0.1) is 0 Å². The fourth-order valence-electron chi connectivity index (χ4n) is 3.19. The summed E-state index contributed by atoms with van der Waals surface area (Å²) in [5.74, 6) is -1.05. The molecule has 0 aliphatic rings. The van der Waals surface area contributed by atoms with Gasteiger partial charge in [0.05, 0.1) is 16.3 Å². The first-order valence-electron chi connectivity index (χ1n) is 9.84. The topological polar surface area (TPSA) is 93.1 Å². The monoisotopic (exact) mass is 444 g/mol. The Morgan fingerprint density at radius 2 is 1.84 bits per heavy atom. The van der Waals surface area contributed by atoms with Crippen LogP contribution in [0, 0.1) is 26.6 Å². The molecule has 0 aliphatic carbocycles. The molecule has 0 radical (unpaired) electrons. The summed E-state index contributed by atoms with van der Waals surface area (Å²) in [7, 11) is -4.05. The van der Waals surface area contributed by atoms with E-state index in [0.29, 0.717) is 25.1 Å². The van der Waals surface area contributed by atoms with Gasteiger partial charge < -0.3 is 5.32 Å². The Labute approximate surface area is 181 Å². The summed E-state index contributed by atoms with van der Waals surface area (Å²) in [6.07, 6.45) is 0.680. The molecule has 3 rings (SSSR count). The number of aromatic nitrogens is 2. The first kappa shape index (κ1) is 22.5. The van der Waals surface area contributed by atoms with Gasteiger partial charge in [-0.2, -0.15) is 5.10 Å². The molecule has 0 saturated carbocycles. The lowest BCUT2D eigenvalue weighted by atomic mass is 10.1. The third kappa shape index (κ3) is 5.49. The number of benzene rings is 2. The Balaban J connectivity index is 1.67. The number of hydrogen-bond acceptors (Lipinski definition) is 4. The van der Waals surface area contributed by atoms with Crippen LogP contribution >= 0.6 is 0 Å². The van der Waals surface area contributed by atoms with E-state index in [1.165, 1.54) is 30.3 Å². The molecule has 3 aromatic rings. The normalized spacial score (nSPS) is 11.4. The van der Waals surface area contributed by atoms with Gasteiger partial charge in [0.15, 0.2) is 0 Å². The zero-order valence-corrected chi connectivity index (χ0v) is 18.5. The number of carbonyl (C=O) groups is 1. The van der Waals surface area contributed by atoms with Crippen molar-refractivity contribution < 1.29 is 17.6 Å². The number of carbonyl (C=O) groups excluding carboxylic acids is 1. The van der Waals surface area contributed by atoms with Crippen LogP contribution in [0.1, 0.15) is 33.7 Å². The number of para-hydroxylation sites is 1. The van der Waals surface area contributed by atoms with Crippen molar-refractivity contribution in [3.05, 3.63) is 76.9 Å². The summed E-state index contributed by atoms with van der Waals surface area (Å²) in [6.45, 7) is 6.71. The predicted octanol–water partition coefficient (Wildman–Crippen LogP) is 3.57. The number of hydrogen-bond donors (Lipinski definition) is 2. The molecule has 1 heterocycles. The third-order valence-corrected chi connectivity index (χ3v) is 6.18. The van der Waals surface area contributed by atoms with Gasteiger partial charge in [0.25, 0.3) is 15.9 Å². The average molecular weight is 445 g/mol. The van der Waals surface area contributed by atoms with Crippen molar-refractivity contribution in [2.24, 2.45) is 0 Å². The molecule has 2 aromatic carbocycles. The maximum Gasteiger partial charge on any atom is 0.262 e. The van der Waals surface area contributed by atoms with Crippen LogP contribution in [0.4, 0.5) is 10.1 Å². The fraction of sp³-hybridized carbons (Fsp3) is 0.273. The van der Waals surface area contributed by atoms with Crippen molar-refractivity contribution in [1.82, 2.24) is 15.1 Å². The van der Waals surface area contributed by atoms with E-state index in [9.17, 15) is 17.6 Å². The van der Waals surface area contributed by atoms with E-state index < -0.39 is 15.8 Å². The second kappa shape index (κ2) is 9.30. The number of sulfonamides is 1. The van der Waals surface area contributed by atoms with E-state index >= 15 is 0 Å². The largest absolute Gasteiger partial charge is 0.352 e. The minimum Gasteiger partial charge on any atom is -0.352 e. The molecule has 7 nitrogen and oxygen atoms in total. The van der Waals surface area contributed by atoms with Gasteiger partial charge in [0.1, 0.15) is 5.82 Å². The maximum absolute atomic E-state index is 13.8. The lowest BCUT2D eigenvalue weighted by Gasteiger charge is -2.12. The van der Waals surface area contributed by atoms with E-state index in [0.717, 1.165) is 17.5 Å². The van der Waals surface area contributed by atoms with Crippen LogP contribution in [0.25, 0.3) is 0 Å². The number of halogens is 1. The highest BCUT2D eigenvalue weighted by Gasteiger charge is 2.19. The number of nitrogens with one attached hydrogen (secondary N) is 2. The molecular formula is C22H25FN4O3S. The van der Waals surface area contributed by atoms with Crippen LogP contribution in [-0.2, 0) is 16.6 Å². The Kier molecular flexibility index (Phi) is 6.74. The van der Waals surface area contributed by atoms with Crippen LogP contribution < -0.4 is 10.0 Å². The van der Waals surface area contributed by atoms with Crippen molar-refractivity contribution in [3.8, 4) is 0 Å². The van der Waals surface area contributed by atoms with Crippen LogP contribution in [0.2, 0.25) is 0 Å². The smallest absolute Gasteiger partial charge is 0.262 e. The van der Waals surface area contributed by atoms with Crippen molar-refractivity contribution in [2.45, 2.75) is 38.6 Å². The molecule has 2 N–H and O–H groups in total. The van der Waals surface area contributed by atoms with E-state index in [1.807, 2.05) is 24.6 Å². The van der Waals surface area contributed by atoms with Crippen LogP contribution in [-0.4, -0.2) is 30.7 Å². The first-order valence-corrected chi connectivity index (χ1v) is 11.3. The van der Waals surface area contributed by atoms with Crippen LogP contribution in [0.15, 0.2) is 53.4 Å². The minimum absolute atomic E-state index is 0.117. The van der Waals surface area contributed by atoms with Crippen molar-refractivity contribution in [1.29, 1.82) is 0 Å². The lowest BCUT2D eigenvalue weighted by Crippen LogP contribution is -2.26. The molecule has 1 aromatic heterocycles. The summed E-state index contributed by atoms with van der Waals surface area (Å²) >= 11 is 0. The number of aryl methyl sites for hydroxylation is 4. The number of amides is 1. The van der Waals surface area contributed by atoms with Crippen molar-refractivity contribution in [2.75, 3.05) is 11.3 Å². The molecule has 0 atom stereocenters. The second-order valence-electron chi connectivity index (χ2n) is 7.32. The van der Waals surface area contributed by atoms with Crippen LogP contribution in [0.5, 0.6) is 0 Å². The van der Waals surface area contributed by atoms with Gasteiger partial charge in [-0.05, 0) is 63.1 Å². The molecule has 31 heavy (non-hydrogen) atoms. The van der Waals surface area contributed by atoms with Crippen LogP contribution in [0.3, 0.4) is 0 Å². The zero-order valence-electron chi connectivity index (χ0n) is 17.6. The minimum atomic E-state index is -4.05. The highest BCUT2D eigenvalue weighted by molar-refractivity contribution is 7.92. The predicted molar refractivity (Wildman–Crippen MR) is 117 cm³/mol. The summed E-state index contributed by atoms with van der Waals surface area (Å²) < 4.78 is 43.3. The fourth-order valence-corrected chi connectivity index (χ4v) is 4.28. The first-order chi connectivity index (χ1) is 14.7. The quantitative estimate of drug-likeness (QED) is 0.520. The Hall–Kier alpha value is -3.20. The second-order valence-corrected chi connectivity index (χ2v) is 9.00. The standard InChI is InChI=1S/C22H25FN4O3S/c1-15-9-10-18(31(29,30)26-21-8-5-4-7-20(21)23)14-19(15)22(28)24-11-6-12-27-17(3)13-16(2)25-27/h4-5,7-10,13-14,26H,6,11-12H2,1-3H3,(H,24,28). The summed E-state index contributed by atoms with van der Waals surface area (Å²) in [5.41, 5.74) is 2.74. The molecule has 164 valence electrons. The van der Waals surface area contributed by atoms with Crippen molar-refractivity contribution >= 4 is 21.6 Å². The highest BCUT2D eigenvalue weighted by Crippen LogP contribution is 2.21. The lowest BCUT2D eigenvalue weighted by molar-refractivity contribution is 0.0951. The summed E-state index contributed by atoms with van der Waals surface area (Å²) in [6, 6.07) is 11.7. The van der Waals surface area contributed by atoms with Gasteiger partial charge in [0, 0.05) is 24.3 Å². The summed E-state index contributed by atoms with van der Waals surface area (Å²) in [5, 5.41) is 7.20. The van der Waals surface area contributed by atoms with Gasteiger partial charge in [-0.3, -0.25) is 14.2 Å². The molecule has 9 heteroatoms. The molecule has 0 saturated heterocycles. The number of rotatable bonds is 8. The molecule has 1 amide bonds. The number of anilines is 1. The Morgan fingerprint density at radius 1 is 1.10 bits per heavy atom. The molecular weight excluding hydrogens is 419 g/mol. The van der Waals surface area contributed by atoms with E-state index in [1.54, 1.807) is 13.0 Å². The maximum atomic E-state index is 13.8. The highest BCUT2D eigenvalue weighted by atomic mass is 32.2. The molecule has 0 fully saturated rings. The van der Waals surface area contributed by atoms with Gasteiger partial charge in [0.2, 0.25) is 0 Å². The molecule has 0 spiro atoms. The van der Waals surface area contributed by atoms with Crippen molar-refractivity contribution in [3.63, 3.8) is 0 Å². The molecule has 0 unspecified atom stereocenters. The molecule has 0 bridgehead atoms. The number of nitrogens with zero attached hydrogens (tertiary/aromatic N) is 2. The van der Waals surface area contributed by atoms with E-state index in [-0.39, 0.29) is 22.1 Å². The average Bonchev–Trinajstić information content (AvgIpc) is 3.04. The molecule has 0 aliphatic heterocycles. The SMILES string of the molecule is Cc1cc(C)n(CCCNC(=O)c2cc(S(=O)(=O)Nc3ccccc3F)ccc2C)n1. The summed E-state index contributed by atoms with van der Waals surface area (Å²) in [4.78, 5) is 12.5. The van der Waals surface area contributed by atoms with Gasteiger partial charge in [-0.1, -0.05) is 18.2 Å². The van der Waals surface area contributed by atoms with E-state index in [2.05, 4.69) is 15.1 Å². The Bertz CT molecular complexity index is 1210. The van der Waals surface area contributed by atoms with Gasteiger partial charge in [-0.25, -0.2) is 12.8 Å². The Morgan fingerprint density at radius 3 is 2.52 bits per heavy atom.